The van der Waals surface area contributed by atoms with E-state index in [0.29, 0.717) is 6.04 Å². The van der Waals surface area contributed by atoms with Crippen LogP contribution in [-0.2, 0) is 0 Å². The molecular weight excluding hydrogens is 260 g/mol. The quantitative estimate of drug-likeness (QED) is 0.846. The molecule has 0 aromatic heterocycles. The highest BCUT2D eigenvalue weighted by Gasteiger charge is 2.23. The molecule has 0 radical (unpaired) electrons. The van der Waals surface area contributed by atoms with Crippen LogP contribution in [-0.4, -0.2) is 37.0 Å². The second-order valence-electron chi connectivity index (χ2n) is 6.45. The normalized spacial score (nSPS) is 19.8. The van der Waals surface area contributed by atoms with E-state index in [0.717, 1.165) is 31.5 Å². The van der Waals surface area contributed by atoms with Crippen molar-refractivity contribution in [1.82, 2.24) is 4.90 Å². The van der Waals surface area contributed by atoms with E-state index in [2.05, 4.69) is 17.0 Å². The largest absolute Gasteiger partial charge is 0.372 e. The third-order valence-corrected chi connectivity index (χ3v) is 5.01. The molecule has 21 heavy (non-hydrogen) atoms. The van der Waals surface area contributed by atoms with E-state index in [1.165, 1.54) is 37.8 Å². The van der Waals surface area contributed by atoms with Gasteiger partial charge in [0.1, 0.15) is 0 Å². The molecule has 3 nitrogen and oxygen atoms in total. The summed E-state index contributed by atoms with van der Waals surface area (Å²) in [5.41, 5.74) is 2.04. The van der Waals surface area contributed by atoms with Gasteiger partial charge in [-0.15, -0.1) is 0 Å². The van der Waals surface area contributed by atoms with E-state index in [1.54, 1.807) is 0 Å². The van der Waals surface area contributed by atoms with Gasteiger partial charge in [0, 0.05) is 37.4 Å². The highest BCUT2D eigenvalue weighted by Crippen LogP contribution is 2.25. The number of benzene rings is 1. The van der Waals surface area contributed by atoms with Crippen LogP contribution in [0.25, 0.3) is 0 Å². The van der Waals surface area contributed by atoms with Gasteiger partial charge in [-0.3, -0.25) is 4.79 Å². The van der Waals surface area contributed by atoms with Gasteiger partial charge in [0.2, 0.25) is 0 Å². The second kappa shape index (κ2) is 6.50. The summed E-state index contributed by atoms with van der Waals surface area (Å²) >= 11 is 0. The maximum atomic E-state index is 12.7. The summed E-state index contributed by atoms with van der Waals surface area (Å²) in [5, 5.41) is 0. The monoisotopic (exact) mass is 286 g/mol. The Labute approximate surface area is 127 Å². The molecule has 0 unspecified atom stereocenters. The lowest BCUT2D eigenvalue weighted by molar-refractivity contribution is 0.0696. The lowest BCUT2D eigenvalue weighted by Gasteiger charge is -2.31. The van der Waals surface area contributed by atoms with Crippen molar-refractivity contribution in [1.29, 1.82) is 0 Å². The molecule has 3 rings (SSSR count). The van der Waals surface area contributed by atoms with Crippen molar-refractivity contribution < 1.29 is 4.79 Å². The van der Waals surface area contributed by atoms with Crippen LogP contribution in [0.1, 0.15) is 55.3 Å². The van der Waals surface area contributed by atoms with Gasteiger partial charge < -0.3 is 9.80 Å². The van der Waals surface area contributed by atoms with Crippen LogP contribution in [0.15, 0.2) is 24.3 Å². The van der Waals surface area contributed by atoms with E-state index < -0.39 is 0 Å². The zero-order valence-corrected chi connectivity index (χ0v) is 13.1. The number of carbonyl (C=O) groups is 1. The van der Waals surface area contributed by atoms with Crippen LogP contribution in [0.2, 0.25) is 0 Å². The van der Waals surface area contributed by atoms with Gasteiger partial charge in [0.05, 0.1) is 0 Å². The topological polar surface area (TPSA) is 23.6 Å². The zero-order chi connectivity index (χ0) is 14.7. The number of carbonyl (C=O) groups excluding carboxylic acids is 1. The summed E-state index contributed by atoms with van der Waals surface area (Å²) in [6.07, 6.45) is 8.69. The molecule has 0 spiro atoms. The predicted octanol–water partition coefficient (Wildman–Crippen LogP) is 3.69. The summed E-state index contributed by atoms with van der Waals surface area (Å²) in [6, 6.07) is 8.62. The van der Waals surface area contributed by atoms with E-state index in [4.69, 9.17) is 0 Å². The van der Waals surface area contributed by atoms with Crippen molar-refractivity contribution in [2.75, 3.05) is 25.0 Å². The Morgan fingerprint density at radius 3 is 2.52 bits per heavy atom. The first kappa shape index (κ1) is 14.4. The number of nitrogens with zero attached hydrogens (tertiary/aromatic N) is 2. The molecule has 2 aliphatic rings. The molecule has 1 aromatic carbocycles. The Balaban J connectivity index is 1.72. The molecule has 0 N–H and O–H groups in total. The van der Waals surface area contributed by atoms with Gasteiger partial charge in [-0.1, -0.05) is 25.3 Å². The summed E-state index contributed by atoms with van der Waals surface area (Å²) in [7, 11) is 1.97. The first-order valence-electron chi connectivity index (χ1n) is 8.38. The van der Waals surface area contributed by atoms with Crippen molar-refractivity contribution in [3.05, 3.63) is 29.8 Å². The fraction of sp³-hybridized carbons (Fsp3) is 0.611. The summed E-state index contributed by atoms with van der Waals surface area (Å²) in [6.45, 7) is 2.24. The molecule has 1 aromatic rings. The summed E-state index contributed by atoms with van der Waals surface area (Å²) < 4.78 is 0. The fourth-order valence-electron chi connectivity index (χ4n) is 3.65. The van der Waals surface area contributed by atoms with E-state index in [9.17, 15) is 4.79 Å². The Morgan fingerprint density at radius 1 is 1.10 bits per heavy atom. The Bertz CT molecular complexity index is 488. The van der Waals surface area contributed by atoms with Crippen molar-refractivity contribution in [2.45, 2.75) is 51.0 Å². The number of anilines is 1. The second-order valence-corrected chi connectivity index (χ2v) is 6.45. The molecule has 0 bridgehead atoms. The average molecular weight is 286 g/mol. The third-order valence-electron chi connectivity index (χ3n) is 5.01. The molecule has 3 heteroatoms. The predicted molar refractivity (Wildman–Crippen MR) is 86.9 cm³/mol. The van der Waals surface area contributed by atoms with Gasteiger partial charge in [-0.2, -0.15) is 0 Å². The van der Waals surface area contributed by atoms with Crippen LogP contribution in [0, 0.1) is 0 Å². The number of hydrogen-bond donors (Lipinski definition) is 0. The van der Waals surface area contributed by atoms with Crippen molar-refractivity contribution >= 4 is 11.6 Å². The van der Waals surface area contributed by atoms with Crippen LogP contribution in [0.4, 0.5) is 5.69 Å². The number of rotatable bonds is 3. The molecular formula is C18H26N2O. The van der Waals surface area contributed by atoms with Gasteiger partial charge >= 0.3 is 0 Å². The van der Waals surface area contributed by atoms with Crippen LogP contribution < -0.4 is 4.90 Å². The molecule has 1 amide bonds. The number of amides is 1. The minimum Gasteiger partial charge on any atom is -0.372 e. The van der Waals surface area contributed by atoms with Gasteiger partial charge in [0.15, 0.2) is 0 Å². The first-order valence-corrected chi connectivity index (χ1v) is 8.38. The van der Waals surface area contributed by atoms with Crippen LogP contribution in [0.5, 0.6) is 0 Å². The Kier molecular flexibility index (Phi) is 4.47. The zero-order valence-electron chi connectivity index (χ0n) is 13.1. The fourth-order valence-corrected chi connectivity index (χ4v) is 3.65. The van der Waals surface area contributed by atoms with Gasteiger partial charge in [0.25, 0.3) is 5.91 Å². The van der Waals surface area contributed by atoms with Crippen molar-refractivity contribution in [3.8, 4) is 0 Å². The first-order chi connectivity index (χ1) is 10.3. The van der Waals surface area contributed by atoms with E-state index in [-0.39, 0.29) is 5.91 Å². The molecule has 1 aliphatic heterocycles. The van der Waals surface area contributed by atoms with E-state index >= 15 is 0 Å². The van der Waals surface area contributed by atoms with Crippen LogP contribution in [0.3, 0.4) is 0 Å². The minimum atomic E-state index is 0.183. The molecule has 114 valence electrons. The lowest BCUT2D eigenvalue weighted by atomic mass is 9.94. The standard InChI is InChI=1S/C18H26N2O/c1-19(16-9-3-2-4-10-16)18(21)15-8-7-11-17(14-15)20-12-5-6-13-20/h7-8,11,14,16H,2-6,9-10,12-13H2,1H3. The Hall–Kier alpha value is -1.51. The number of hydrogen-bond acceptors (Lipinski definition) is 2. The van der Waals surface area contributed by atoms with Crippen molar-refractivity contribution in [2.24, 2.45) is 0 Å². The highest BCUT2D eigenvalue weighted by molar-refractivity contribution is 5.95. The highest BCUT2D eigenvalue weighted by atomic mass is 16.2. The molecule has 2 fully saturated rings. The maximum Gasteiger partial charge on any atom is 0.253 e. The smallest absolute Gasteiger partial charge is 0.253 e. The molecule has 1 saturated heterocycles. The maximum absolute atomic E-state index is 12.7. The average Bonchev–Trinajstić information content (AvgIpc) is 3.09. The third kappa shape index (κ3) is 3.22. The van der Waals surface area contributed by atoms with Gasteiger partial charge in [-0.05, 0) is 43.9 Å². The molecule has 0 atom stereocenters. The Morgan fingerprint density at radius 2 is 1.81 bits per heavy atom. The van der Waals surface area contributed by atoms with Crippen LogP contribution >= 0.6 is 0 Å². The SMILES string of the molecule is CN(C(=O)c1cccc(N2CCCC2)c1)C1CCCCC1. The minimum absolute atomic E-state index is 0.183. The van der Waals surface area contributed by atoms with E-state index in [1.807, 2.05) is 24.1 Å². The molecule has 1 aliphatic carbocycles. The molecule has 1 saturated carbocycles. The van der Waals surface area contributed by atoms with Crippen molar-refractivity contribution in [3.63, 3.8) is 0 Å². The van der Waals surface area contributed by atoms with Gasteiger partial charge in [-0.25, -0.2) is 0 Å². The lowest BCUT2D eigenvalue weighted by Crippen LogP contribution is -2.38. The molecule has 1 heterocycles. The summed E-state index contributed by atoms with van der Waals surface area (Å²) in [4.78, 5) is 17.1. The summed E-state index contributed by atoms with van der Waals surface area (Å²) in [5.74, 6) is 0.183.